The Kier molecular flexibility index (Phi) is 23.2. The van der Waals surface area contributed by atoms with Gasteiger partial charge >= 0.3 is 31.7 Å². The normalized spacial score (nSPS) is 18.7. The number of hydroxylamine groups is 1. The van der Waals surface area contributed by atoms with E-state index in [1.165, 1.54) is 12.3 Å². The average molecular weight is 1180 g/mol. The number of anilines is 1. The number of nitrogen functional groups attached to an aromatic ring is 1. The Morgan fingerprint density at radius 2 is 1.45 bits per heavy atom. The molecule has 4 unspecified atom stereocenters. The third kappa shape index (κ3) is 19.2. The predicted octanol–water partition coefficient (Wildman–Crippen LogP) is 4.19. The van der Waals surface area contributed by atoms with Crippen LogP contribution in [0.1, 0.15) is 102 Å². The van der Waals surface area contributed by atoms with Crippen LogP contribution >= 0.6 is 19.4 Å². The molecule has 446 valence electrons. The van der Waals surface area contributed by atoms with E-state index in [-0.39, 0.29) is 69.6 Å². The summed E-state index contributed by atoms with van der Waals surface area (Å²) in [5, 5.41) is 32.3. The van der Waals surface area contributed by atoms with Gasteiger partial charge in [-0.3, -0.25) is 23.7 Å². The van der Waals surface area contributed by atoms with Crippen LogP contribution in [-0.2, 0) is 53.7 Å². The monoisotopic (exact) mass is 1180 g/mol. The van der Waals surface area contributed by atoms with Gasteiger partial charge in [0.15, 0.2) is 6.23 Å². The summed E-state index contributed by atoms with van der Waals surface area (Å²) in [4.78, 5) is 98.8. The van der Waals surface area contributed by atoms with Crippen LogP contribution in [0.5, 0.6) is 0 Å². The molecule has 12 N–H and O–H groups in total. The number of nitrogens with one attached hydrogen (secondary N) is 5. The van der Waals surface area contributed by atoms with Crippen molar-refractivity contribution in [3.63, 3.8) is 0 Å². The van der Waals surface area contributed by atoms with Crippen molar-refractivity contribution in [3.8, 4) is 11.1 Å². The molecule has 3 aromatic carbocycles. The number of alkyl carbamates (subject to hydrolysis) is 2. The van der Waals surface area contributed by atoms with Gasteiger partial charge in [0, 0.05) is 30.2 Å². The van der Waals surface area contributed by atoms with Crippen LogP contribution in [0.2, 0.25) is 5.02 Å². The van der Waals surface area contributed by atoms with Crippen molar-refractivity contribution < 1.29 is 71.7 Å². The van der Waals surface area contributed by atoms with E-state index in [4.69, 9.17) is 51.2 Å². The number of carbonyl (C=O) groups is 5. The molecular weight excluding hydrogens is 1110 g/mol. The zero-order valence-electron chi connectivity index (χ0n) is 46.0. The fourth-order valence-electron chi connectivity index (χ4n) is 8.91. The molecule has 1 aliphatic heterocycles. The number of rotatable bonds is 27. The van der Waals surface area contributed by atoms with Crippen LogP contribution in [0.3, 0.4) is 0 Å². The smallest absolute Gasteiger partial charge is 0.459 e. The lowest BCUT2D eigenvalue weighted by molar-refractivity contribution is -0.150. The Bertz CT molecular complexity index is 2940. The number of nitrogens with two attached hydrogens (primary N) is 2. The van der Waals surface area contributed by atoms with Gasteiger partial charge in [0.05, 0.1) is 6.61 Å². The molecule has 0 saturated carbocycles. The van der Waals surface area contributed by atoms with E-state index in [1.54, 1.807) is 45.0 Å². The Morgan fingerprint density at radius 3 is 2.09 bits per heavy atom. The maximum Gasteiger partial charge on any atom is 0.493 e. The molecular formula is C54H72ClN10O16P. The number of aliphatic hydroxyl groups excluding tert-OH is 2. The van der Waals surface area contributed by atoms with Gasteiger partial charge < -0.3 is 66.8 Å². The molecule has 0 spiro atoms. The number of aromatic nitrogens is 2. The summed E-state index contributed by atoms with van der Waals surface area (Å²) in [5.74, 6) is -3.34. The minimum atomic E-state index is -5.02. The van der Waals surface area contributed by atoms with Gasteiger partial charge in [-0.1, -0.05) is 86.1 Å². The third-order valence-electron chi connectivity index (χ3n) is 12.8. The second-order valence-corrected chi connectivity index (χ2v) is 22.7. The number of carbonyl (C=O) groups excluding carboxylic acids is 5. The summed E-state index contributed by atoms with van der Waals surface area (Å²) in [6.45, 7) is 7.88. The first kappa shape index (κ1) is 64.0. The van der Waals surface area contributed by atoms with Gasteiger partial charge in [0.2, 0.25) is 17.8 Å². The van der Waals surface area contributed by atoms with Gasteiger partial charge in [-0.15, -0.1) is 0 Å². The van der Waals surface area contributed by atoms with E-state index in [0.717, 1.165) is 26.8 Å². The second kappa shape index (κ2) is 29.7. The van der Waals surface area contributed by atoms with Crippen LogP contribution in [0.4, 0.5) is 15.4 Å². The standard InChI is InChI=1S/C54H72ClN10O16P/c1-31(2)27-41(49(70)76-28-32-19-21-33(55)22-20-32)61-46(68)39(18-12-25-58-50(57)64-81-82(74,75)78-30-42-44(66)45(67)48(79-42)65-26-23-43(56)63-51(65)71)60-47(69)40(17-10-11-24-59-52(72)80-54(3,4)5)62-53(73)77-29-38-36-15-8-6-13-34(36)35-14-7-9-16-37(35)38/h6-9,13-16,19-23,26,31,38-42,44-45,48,66-67H,10-12,17-18,24-25,27-30H2,1-5H3,(H,59,72)(H,60,69)(H,61,68)(H,62,73)(H,74,75)(H2,56,63,71)(H3,57,58,64)/t39?,40?,41?,42-,44-,45-,48-/m1/s1. The van der Waals surface area contributed by atoms with Crippen molar-refractivity contribution in [2.45, 2.75) is 134 Å². The highest BCUT2D eigenvalue weighted by Crippen LogP contribution is 2.45. The Hall–Kier alpha value is -7.16. The molecule has 28 heteroatoms. The highest BCUT2D eigenvalue weighted by molar-refractivity contribution is 7.47. The molecule has 2 heterocycles. The summed E-state index contributed by atoms with van der Waals surface area (Å²) in [5.41, 5.74) is 16.4. The van der Waals surface area contributed by atoms with Crippen molar-refractivity contribution in [1.29, 1.82) is 0 Å². The van der Waals surface area contributed by atoms with E-state index >= 15 is 0 Å². The Balaban J connectivity index is 1.13. The number of hydrogen-bond acceptors (Lipinski definition) is 18. The lowest BCUT2D eigenvalue weighted by atomic mass is 9.98. The number of phosphoric ester groups is 1. The van der Waals surface area contributed by atoms with Crippen LogP contribution in [0.15, 0.2) is 94.8 Å². The van der Waals surface area contributed by atoms with Gasteiger partial charge in [0.25, 0.3) is 0 Å². The largest absolute Gasteiger partial charge is 0.493 e. The molecule has 1 aliphatic carbocycles. The van der Waals surface area contributed by atoms with Crippen molar-refractivity contribution in [2.75, 3.05) is 32.0 Å². The Morgan fingerprint density at radius 1 is 0.829 bits per heavy atom. The number of fused-ring (bicyclic) bond motifs is 3. The highest BCUT2D eigenvalue weighted by Gasteiger charge is 2.45. The van der Waals surface area contributed by atoms with Gasteiger partial charge in [-0.2, -0.15) is 9.61 Å². The number of benzene rings is 3. The molecule has 1 fully saturated rings. The number of nitrogens with zero attached hydrogens (tertiary/aromatic N) is 3. The van der Waals surface area contributed by atoms with Gasteiger partial charge in [-0.25, -0.2) is 29.2 Å². The fourth-order valence-corrected chi connectivity index (χ4v) is 9.63. The molecule has 8 atom stereocenters. The molecule has 4 amide bonds. The second-order valence-electron chi connectivity index (χ2n) is 20.9. The number of guanidine groups is 1. The SMILES string of the molecule is CC(C)CC(NC(=O)C(CCCN=C(N)NOP(=O)(O)OC[C@H]1O[C@@H](n2ccc(N)nc2=O)[C@H](O)[C@@H]1O)NC(=O)C(CCCCNC(=O)OC(C)(C)C)NC(=O)OCC1c2ccccc2-c2ccccc21)C(=O)OCc1ccc(Cl)cc1. The average Bonchev–Trinajstić information content (AvgIpc) is 4.15. The molecule has 82 heavy (non-hydrogen) atoms. The number of halogens is 1. The zero-order chi connectivity index (χ0) is 59.7. The summed E-state index contributed by atoms with van der Waals surface area (Å²) in [6.07, 6.45) is -5.86. The number of phosphoric acid groups is 1. The topological polar surface area (TPSA) is 378 Å². The van der Waals surface area contributed by atoms with E-state index in [0.29, 0.717) is 23.4 Å². The number of amides is 4. The summed E-state index contributed by atoms with van der Waals surface area (Å²) < 4.78 is 45.6. The number of unbranched alkanes of at least 4 members (excludes halogenated alkanes) is 1. The molecule has 26 nitrogen and oxygen atoms in total. The molecule has 1 aromatic heterocycles. The number of aliphatic hydroxyl groups is 2. The first-order valence-corrected chi connectivity index (χ1v) is 28.4. The number of hydrogen-bond donors (Lipinski definition) is 10. The first-order valence-electron chi connectivity index (χ1n) is 26.6. The summed E-state index contributed by atoms with van der Waals surface area (Å²) in [7, 11) is -5.02. The fraction of sp³-hybridized carbons (Fsp3) is 0.481. The van der Waals surface area contributed by atoms with Crippen LogP contribution in [-0.4, -0.2) is 129 Å². The van der Waals surface area contributed by atoms with Crippen molar-refractivity contribution in [3.05, 3.63) is 117 Å². The lowest BCUT2D eigenvalue weighted by Crippen LogP contribution is -2.56. The minimum Gasteiger partial charge on any atom is -0.459 e. The van der Waals surface area contributed by atoms with E-state index < -0.39 is 104 Å². The van der Waals surface area contributed by atoms with Crippen molar-refractivity contribution in [1.82, 2.24) is 36.3 Å². The van der Waals surface area contributed by atoms with E-state index in [9.17, 15) is 48.4 Å². The van der Waals surface area contributed by atoms with Crippen molar-refractivity contribution >= 4 is 61.2 Å². The predicted molar refractivity (Wildman–Crippen MR) is 299 cm³/mol. The van der Waals surface area contributed by atoms with Gasteiger partial charge in [0.1, 0.15) is 61.1 Å². The van der Waals surface area contributed by atoms with Gasteiger partial charge in [-0.05, 0) is 111 Å². The number of ether oxygens (including phenoxy) is 4. The first-order chi connectivity index (χ1) is 38.9. The van der Waals surface area contributed by atoms with E-state index in [2.05, 4.69) is 31.2 Å². The summed E-state index contributed by atoms with van der Waals surface area (Å²) in [6, 6.07) is 19.7. The van der Waals surface area contributed by atoms with E-state index in [1.807, 2.05) is 67.9 Å². The Labute approximate surface area is 478 Å². The maximum atomic E-state index is 14.4. The van der Waals surface area contributed by atoms with Crippen molar-refractivity contribution in [2.24, 2.45) is 16.6 Å². The number of aliphatic imine (C=N–C) groups is 1. The molecule has 1 saturated heterocycles. The third-order valence-corrected chi connectivity index (χ3v) is 13.9. The summed E-state index contributed by atoms with van der Waals surface area (Å²) >= 11 is 6.03. The minimum absolute atomic E-state index is 0.0116. The molecule has 4 aromatic rings. The quantitative estimate of drug-likeness (QED) is 0.00761. The molecule has 0 bridgehead atoms. The van der Waals surface area contributed by atoms with Crippen LogP contribution in [0, 0.1) is 5.92 Å². The molecule has 2 aliphatic rings. The highest BCUT2D eigenvalue weighted by atomic mass is 35.5. The van der Waals surface area contributed by atoms with Crippen LogP contribution < -0.4 is 43.9 Å². The number of esters is 1. The maximum absolute atomic E-state index is 14.4. The molecule has 6 rings (SSSR count). The molecule has 0 radical (unpaired) electrons. The van der Waals surface area contributed by atoms with Crippen LogP contribution in [0.25, 0.3) is 11.1 Å². The zero-order valence-corrected chi connectivity index (χ0v) is 47.7. The lowest BCUT2D eigenvalue weighted by Gasteiger charge is -2.26.